The van der Waals surface area contributed by atoms with Gasteiger partial charge in [0.25, 0.3) is 0 Å². The van der Waals surface area contributed by atoms with Crippen molar-refractivity contribution in [3.63, 3.8) is 0 Å². The molecule has 0 aromatic carbocycles. The second-order valence-corrected chi connectivity index (χ2v) is 34.0. The molecule has 104 heavy (non-hydrogen) atoms. The highest BCUT2D eigenvalue weighted by atomic mass is 31.2. The first-order valence-corrected chi connectivity index (χ1v) is 47.1. The number of phosphoric ester groups is 2. The van der Waals surface area contributed by atoms with E-state index in [9.17, 15) is 43.2 Å². The van der Waals surface area contributed by atoms with Crippen molar-refractivity contribution in [1.29, 1.82) is 0 Å². The Bertz CT molecular complexity index is 1980. The van der Waals surface area contributed by atoms with E-state index in [4.69, 9.17) is 37.0 Å². The summed E-state index contributed by atoms with van der Waals surface area (Å²) < 4.78 is 68.9. The Morgan fingerprint density at radius 2 is 0.442 bits per heavy atom. The largest absolute Gasteiger partial charge is 0.472 e. The van der Waals surface area contributed by atoms with Crippen LogP contribution in [0.2, 0.25) is 0 Å². The van der Waals surface area contributed by atoms with Crippen molar-refractivity contribution in [3.05, 3.63) is 0 Å². The van der Waals surface area contributed by atoms with Gasteiger partial charge >= 0.3 is 39.5 Å². The SMILES string of the molecule is CCCCCCCCCCCCCCCCCCCCCCC(=O)O[C@H](COC(=O)CCCCCCCCCCCCCCCCCC)COP(=O)(O)OC[C@@H](O)COP(=O)(O)OC[C@@H](COC(=O)CCCCCCCCCCCC(C)C)OC(=O)CCCCCCCCCCCCCCCCCC. The van der Waals surface area contributed by atoms with E-state index < -0.39 is 97.5 Å². The van der Waals surface area contributed by atoms with E-state index >= 15 is 0 Å². The predicted molar refractivity (Wildman–Crippen MR) is 428 cm³/mol. The molecule has 618 valence electrons. The van der Waals surface area contributed by atoms with Crippen LogP contribution >= 0.6 is 15.6 Å². The number of hydrogen-bond donors (Lipinski definition) is 3. The summed E-state index contributed by atoms with van der Waals surface area (Å²) >= 11 is 0. The number of hydrogen-bond acceptors (Lipinski definition) is 15. The maximum absolute atomic E-state index is 13.1. The van der Waals surface area contributed by atoms with Gasteiger partial charge in [-0.05, 0) is 31.6 Å². The summed E-state index contributed by atoms with van der Waals surface area (Å²) in [6.45, 7) is 7.35. The highest BCUT2D eigenvalue weighted by Gasteiger charge is 2.30. The fourth-order valence-corrected chi connectivity index (χ4v) is 14.9. The molecule has 17 nitrogen and oxygen atoms in total. The number of carbonyl (C=O) groups excluding carboxylic acids is 4. The fraction of sp³-hybridized carbons (Fsp3) is 0.953. The second-order valence-electron chi connectivity index (χ2n) is 31.1. The predicted octanol–water partition coefficient (Wildman–Crippen LogP) is 26.0. The first kappa shape index (κ1) is 102. The van der Waals surface area contributed by atoms with Gasteiger partial charge in [-0.2, -0.15) is 0 Å². The summed E-state index contributed by atoms with van der Waals surface area (Å²) in [7, 11) is -9.93. The lowest BCUT2D eigenvalue weighted by molar-refractivity contribution is -0.161. The Labute approximate surface area is 638 Å². The lowest BCUT2D eigenvalue weighted by atomic mass is 10.0. The number of aliphatic hydroxyl groups is 1. The summed E-state index contributed by atoms with van der Waals surface area (Å²) in [6.07, 6.45) is 70.8. The van der Waals surface area contributed by atoms with Gasteiger partial charge in [-0.25, -0.2) is 9.13 Å². The van der Waals surface area contributed by atoms with Crippen molar-refractivity contribution in [3.8, 4) is 0 Å². The molecule has 0 rings (SSSR count). The van der Waals surface area contributed by atoms with Crippen LogP contribution < -0.4 is 0 Å². The van der Waals surface area contributed by atoms with E-state index in [2.05, 4.69) is 34.6 Å². The third-order valence-corrected chi connectivity index (χ3v) is 21.9. The standard InChI is InChI=1S/C85H166O17P2/c1-6-9-12-15-18-21-24-27-30-33-34-35-36-39-42-45-50-56-61-66-71-84(89)101-80(74-95-82(87)68-63-58-53-48-43-40-37-31-28-25-22-19-16-13-10-7-2)76-99-103(91,92)97-72-79(86)73-98-104(93,94)100-77-81(75-96-83(88)69-64-59-54-51-46-47-52-57-62-67-78(4)5)102-85(90)70-65-60-55-49-44-41-38-32-29-26-23-20-17-14-11-8-3/h78-81,86H,6-77H2,1-5H3,(H,91,92)(H,93,94)/t79-,80-,81-/m1/s1. The normalized spacial score (nSPS) is 13.8. The van der Waals surface area contributed by atoms with E-state index in [1.165, 1.54) is 283 Å². The summed E-state index contributed by atoms with van der Waals surface area (Å²) in [6, 6.07) is 0. The fourth-order valence-electron chi connectivity index (χ4n) is 13.3. The topological polar surface area (TPSA) is 237 Å². The van der Waals surface area contributed by atoms with E-state index in [-0.39, 0.29) is 25.7 Å². The van der Waals surface area contributed by atoms with Gasteiger partial charge in [0, 0.05) is 25.7 Å². The highest BCUT2D eigenvalue weighted by Crippen LogP contribution is 2.45. The number of rotatable bonds is 85. The minimum absolute atomic E-state index is 0.108. The van der Waals surface area contributed by atoms with Crippen molar-refractivity contribution in [2.45, 2.75) is 477 Å². The summed E-state index contributed by atoms with van der Waals surface area (Å²) in [5.41, 5.74) is 0. The lowest BCUT2D eigenvalue weighted by Crippen LogP contribution is -2.30. The third kappa shape index (κ3) is 78.2. The van der Waals surface area contributed by atoms with E-state index in [0.29, 0.717) is 25.7 Å². The van der Waals surface area contributed by atoms with Crippen molar-refractivity contribution in [2.24, 2.45) is 5.92 Å². The Hall–Kier alpha value is -1.94. The third-order valence-electron chi connectivity index (χ3n) is 20.0. The average molecular weight is 1520 g/mol. The number of ether oxygens (including phenoxy) is 4. The first-order valence-electron chi connectivity index (χ1n) is 44.1. The number of aliphatic hydroxyl groups excluding tert-OH is 1. The maximum atomic E-state index is 13.1. The van der Waals surface area contributed by atoms with Gasteiger partial charge in [-0.1, -0.05) is 407 Å². The molecule has 0 fully saturated rings. The van der Waals surface area contributed by atoms with Crippen LogP contribution in [-0.4, -0.2) is 96.7 Å². The van der Waals surface area contributed by atoms with Gasteiger partial charge in [0.1, 0.15) is 19.3 Å². The minimum atomic E-state index is -4.96. The molecule has 0 aromatic rings. The van der Waals surface area contributed by atoms with Gasteiger partial charge < -0.3 is 33.8 Å². The molecule has 5 atom stereocenters. The van der Waals surface area contributed by atoms with Crippen LogP contribution in [0.5, 0.6) is 0 Å². The molecule has 2 unspecified atom stereocenters. The molecule has 0 radical (unpaired) electrons. The monoisotopic (exact) mass is 1520 g/mol. The lowest BCUT2D eigenvalue weighted by Gasteiger charge is -2.21. The van der Waals surface area contributed by atoms with Gasteiger partial charge in [0.15, 0.2) is 12.2 Å². The minimum Gasteiger partial charge on any atom is -0.462 e. The Balaban J connectivity index is 5.25. The Kier molecular flexibility index (Phi) is 76.3. The van der Waals surface area contributed by atoms with Gasteiger partial charge in [-0.15, -0.1) is 0 Å². The molecule has 0 aliphatic heterocycles. The quantitative estimate of drug-likeness (QED) is 0.0222. The zero-order valence-corrected chi connectivity index (χ0v) is 70.0. The molecule has 19 heteroatoms. The number of phosphoric acid groups is 2. The van der Waals surface area contributed by atoms with Crippen LogP contribution in [0.3, 0.4) is 0 Å². The highest BCUT2D eigenvalue weighted by molar-refractivity contribution is 7.47. The van der Waals surface area contributed by atoms with Crippen LogP contribution in [-0.2, 0) is 65.4 Å². The summed E-state index contributed by atoms with van der Waals surface area (Å²) in [5.74, 6) is -1.36. The first-order chi connectivity index (χ1) is 50.5. The van der Waals surface area contributed by atoms with Crippen LogP contribution in [0, 0.1) is 5.92 Å². The summed E-state index contributed by atoms with van der Waals surface area (Å²) in [5, 5.41) is 10.7. The van der Waals surface area contributed by atoms with Crippen LogP contribution in [0.1, 0.15) is 458 Å². The van der Waals surface area contributed by atoms with Crippen molar-refractivity contribution >= 4 is 39.5 Å². The molecule has 0 aliphatic rings. The number of esters is 4. The average Bonchev–Trinajstić information content (AvgIpc) is 0.917. The van der Waals surface area contributed by atoms with Crippen LogP contribution in [0.15, 0.2) is 0 Å². The Morgan fingerprint density at radius 3 is 0.654 bits per heavy atom. The zero-order chi connectivity index (χ0) is 76.2. The zero-order valence-electron chi connectivity index (χ0n) is 68.2. The molecule has 0 saturated carbocycles. The smallest absolute Gasteiger partial charge is 0.462 e. The van der Waals surface area contributed by atoms with Crippen molar-refractivity contribution in [2.75, 3.05) is 39.6 Å². The van der Waals surface area contributed by atoms with E-state index in [0.717, 1.165) is 95.8 Å². The number of carbonyl (C=O) groups is 4. The van der Waals surface area contributed by atoms with Crippen LogP contribution in [0.4, 0.5) is 0 Å². The van der Waals surface area contributed by atoms with Crippen molar-refractivity contribution in [1.82, 2.24) is 0 Å². The van der Waals surface area contributed by atoms with Crippen molar-refractivity contribution < 1.29 is 80.2 Å². The number of unbranched alkanes of at least 4 members (excludes halogenated alkanes) is 57. The second kappa shape index (κ2) is 77.8. The molecule has 3 N–H and O–H groups in total. The molecular formula is C85H166O17P2. The summed E-state index contributed by atoms with van der Waals surface area (Å²) in [4.78, 5) is 73.2. The van der Waals surface area contributed by atoms with E-state index in [1.807, 2.05) is 0 Å². The van der Waals surface area contributed by atoms with Gasteiger partial charge in [0.05, 0.1) is 26.4 Å². The molecule has 0 aliphatic carbocycles. The van der Waals surface area contributed by atoms with E-state index in [1.54, 1.807) is 0 Å². The molecule has 0 amide bonds. The molecule has 0 bridgehead atoms. The maximum Gasteiger partial charge on any atom is 0.472 e. The molecule has 0 saturated heterocycles. The molecule has 0 heterocycles. The molecule has 0 aromatic heterocycles. The molecular weight excluding hydrogens is 1350 g/mol. The van der Waals surface area contributed by atoms with Crippen LogP contribution in [0.25, 0.3) is 0 Å². The molecule has 0 spiro atoms. The Morgan fingerprint density at radius 1 is 0.260 bits per heavy atom. The van der Waals surface area contributed by atoms with Gasteiger partial charge in [0.2, 0.25) is 0 Å². The van der Waals surface area contributed by atoms with Gasteiger partial charge in [-0.3, -0.25) is 37.3 Å².